The van der Waals surface area contributed by atoms with E-state index in [0.717, 1.165) is 18.4 Å². The maximum Gasteiger partial charge on any atom is 0.252 e. The first-order chi connectivity index (χ1) is 11.7. The van der Waals surface area contributed by atoms with Gasteiger partial charge in [-0.25, -0.2) is 0 Å². The molecule has 1 aliphatic heterocycles. The molecule has 0 saturated heterocycles. The van der Waals surface area contributed by atoms with Crippen molar-refractivity contribution in [3.05, 3.63) is 47.1 Å². The standard InChI is InChI=1S/C17H18N4O3/c22-15-12-4-2-1-3-11(12)9-13(19-15)16(23)18-8-7-14-20-17(24-21-14)10-5-6-10/h1-4,10,13H,5-9H2,(H,18,23)(H,19,22)/t13-/m0/s1. The van der Waals surface area contributed by atoms with Gasteiger partial charge in [-0.1, -0.05) is 23.4 Å². The lowest BCUT2D eigenvalue weighted by Crippen LogP contribution is -2.51. The zero-order valence-electron chi connectivity index (χ0n) is 13.1. The second-order valence-electron chi connectivity index (χ2n) is 6.25. The van der Waals surface area contributed by atoms with Crippen LogP contribution in [0, 0.1) is 0 Å². The van der Waals surface area contributed by atoms with E-state index in [4.69, 9.17) is 4.52 Å². The summed E-state index contributed by atoms with van der Waals surface area (Å²) in [6, 6.07) is 6.80. The summed E-state index contributed by atoms with van der Waals surface area (Å²) in [6.45, 7) is 0.413. The van der Waals surface area contributed by atoms with Gasteiger partial charge < -0.3 is 15.2 Å². The Morgan fingerprint density at radius 2 is 2.17 bits per heavy atom. The van der Waals surface area contributed by atoms with Crippen molar-refractivity contribution in [2.24, 2.45) is 0 Å². The van der Waals surface area contributed by atoms with Crippen molar-refractivity contribution in [3.8, 4) is 0 Å². The number of hydrogen-bond donors (Lipinski definition) is 2. The predicted molar refractivity (Wildman–Crippen MR) is 84.4 cm³/mol. The van der Waals surface area contributed by atoms with E-state index in [1.807, 2.05) is 18.2 Å². The van der Waals surface area contributed by atoms with E-state index in [9.17, 15) is 9.59 Å². The van der Waals surface area contributed by atoms with Crippen LogP contribution < -0.4 is 10.6 Å². The average molecular weight is 326 g/mol. The van der Waals surface area contributed by atoms with Crippen LogP contribution in [0.1, 0.15) is 46.4 Å². The highest BCUT2D eigenvalue weighted by Gasteiger charge is 2.30. The molecule has 2 aromatic rings. The van der Waals surface area contributed by atoms with Crippen LogP contribution in [0.4, 0.5) is 0 Å². The first kappa shape index (κ1) is 14.9. The minimum Gasteiger partial charge on any atom is -0.354 e. The van der Waals surface area contributed by atoms with E-state index in [-0.39, 0.29) is 11.8 Å². The zero-order chi connectivity index (χ0) is 16.5. The highest BCUT2D eigenvalue weighted by atomic mass is 16.5. The van der Waals surface area contributed by atoms with Gasteiger partial charge in [0, 0.05) is 30.9 Å². The summed E-state index contributed by atoms with van der Waals surface area (Å²) in [5.41, 5.74) is 1.54. The van der Waals surface area contributed by atoms with E-state index in [2.05, 4.69) is 20.8 Å². The second-order valence-corrected chi connectivity index (χ2v) is 6.25. The molecule has 24 heavy (non-hydrogen) atoms. The molecule has 1 fully saturated rings. The van der Waals surface area contributed by atoms with Crippen molar-refractivity contribution in [2.75, 3.05) is 6.54 Å². The first-order valence-corrected chi connectivity index (χ1v) is 8.19. The van der Waals surface area contributed by atoms with Gasteiger partial charge in [-0.05, 0) is 24.5 Å². The quantitative estimate of drug-likeness (QED) is 0.853. The lowest BCUT2D eigenvalue weighted by molar-refractivity contribution is -0.123. The fourth-order valence-corrected chi connectivity index (χ4v) is 2.87. The Hall–Kier alpha value is -2.70. The molecule has 2 N–H and O–H groups in total. The molecule has 2 amide bonds. The van der Waals surface area contributed by atoms with Crippen molar-refractivity contribution in [1.82, 2.24) is 20.8 Å². The molecule has 1 aromatic heterocycles. The second kappa shape index (κ2) is 6.07. The topological polar surface area (TPSA) is 97.1 Å². The number of aromatic nitrogens is 2. The van der Waals surface area contributed by atoms with Crippen molar-refractivity contribution in [3.63, 3.8) is 0 Å². The normalized spacial score (nSPS) is 19.5. The molecule has 124 valence electrons. The third kappa shape index (κ3) is 3.02. The number of carbonyl (C=O) groups excluding carboxylic acids is 2. The van der Waals surface area contributed by atoms with Gasteiger partial charge in [-0.2, -0.15) is 4.98 Å². The minimum absolute atomic E-state index is 0.191. The first-order valence-electron chi connectivity index (χ1n) is 8.19. The number of nitrogens with zero attached hydrogens (tertiary/aromatic N) is 2. The molecule has 0 unspecified atom stereocenters. The summed E-state index contributed by atoms with van der Waals surface area (Å²) in [4.78, 5) is 28.6. The maximum absolute atomic E-state index is 12.3. The van der Waals surface area contributed by atoms with Gasteiger partial charge in [0.2, 0.25) is 11.8 Å². The third-order valence-electron chi connectivity index (χ3n) is 4.37. The van der Waals surface area contributed by atoms with E-state index >= 15 is 0 Å². The maximum atomic E-state index is 12.3. The third-order valence-corrected chi connectivity index (χ3v) is 4.37. The Morgan fingerprint density at radius 3 is 3.00 bits per heavy atom. The predicted octanol–water partition coefficient (Wildman–Crippen LogP) is 0.960. The highest BCUT2D eigenvalue weighted by molar-refractivity contribution is 6.00. The molecule has 2 aliphatic rings. The Kier molecular flexibility index (Phi) is 3.76. The van der Waals surface area contributed by atoms with Gasteiger partial charge in [0.25, 0.3) is 5.91 Å². The summed E-state index contributed by atoms with van der Waals surface area (Å²) < 4.78 is 5.18. The van der Waals surface area contributed by atoms with Crippen molar-refractivity contribution in [1.29, 1.82) is 0 Å². The van der Waals surface area contributed by atoms with Gasteiger partial charge >= 0.3 is 0 Å². The Bertz CT molecular complexity index is 782. The van der Waals surface area contributed by atoms with Gasteiger partial charge in [-0.3, -0.25) is 9.59 Å². The van der Waals surface area contributed by atoms with Gasteiger partial charge in [0.1, 0.15) is 6.04 Å². The summed E-state index contributed by atoms with van der Waals surface area (Å²) in [5.74, 6) is 1.34. The highest BCUT2D eigenvalue weighted by Crippen LogP contribution is 2.38. The van der Waals surface area contributed by atoms with E-state index in [1.165, 1.54) is 0 Å². The van der Waals surface area contributed by atoms with Crippen LogP contribution in [0.5, 0.6) is 0 Å². The minimum atomic E-state index is -0.542. The molecule has 0 bridgehead atoms. The number of benzene rings is 1. The van der Waals surface area contributed by atoms with Crippen molar-refractivity contribution < 1.29 is 14.1 Å². The largest absolute Gasteiger partial charge is 0.354 e. The van der Waals surface area contributed by atoms with Crippen LogP contribution in [0.25, 0.3) is 0 Å². The number of rotatable bonds is 5. The molecule has 0 radical (unpaired) electrons. The number of fused-ring (bicyclic) bond motifs is 1. The number of amides is 2. The molecule has 1 aromatic carbocycles. The van der Waals surface area contributed by atoms with E-state index < -0.39 is 6.04 Å². The lowest BCUT2D eigenvalue weighted by Gasteiger charge is -2.24. The number of hydrogen-bond acceptors (Lipinski definition) is 5. The fraction of sp³-hybridized carbons (Fsp3) is 0.412. The molecule has 1 saturated carbocycles. The average Bonchev–Trinajstić information content (AvgIpc) is 3.34. The van der Waals surface area contributed by atoms with Crippen LogP contribution in [0.3, 0.4) is 0 Å². The molecule has 1 aliphatic carbocycles. The Morgan fingerprint density at radius 1 is 1.33 bits per heavy atom. The van der Waals surface area contributed by atoms with E-state index in [1.54, 1.807) is 6.07 Å². The Labute approximate surface area is 138 Å². The fourth-order valence-electron chi connectivity index (χ4n) is 2.87. The van der Waals surface area contributed by atoms with Gasteiger partial charge in [-0.15, -0.1) is 0 Å². The van der Waals surface area contributed by atoms with Crippen LogP contribution in [0.15, 0.2) is 28.8 Å². The lowest BCUT2D eigenvalue weighted by atomic mass is 9.95. The van der Waals surface area contributed by atoms with Gasteiger partial charge in [0.05, 0.1) is 0 Å². The van der Waals surface area contributed by atoms with Crippen LogP contribution in [0.2, 0.25) is 0 Å². The summed E-state index contributed by atoms with van der Waals surface area (Å²) in [7, 11) is 0. The Balaban J connectivity index is 1.31. The molecule has 1 atom stereocenters. The molecule has 7 heteroatoms. The number of carbonyl (C=O) groups is 2. The van der Waals surface area contributed by atoms with Gasteiger partial charge in [0.15, 0.2) is 5.82 Å². The van der Waals surface area contributed by atoms with Crippen molar-refractivity contribution in [2.45, 2.75) is 37.6 Å². The SMILES string of the molecule is O=C1N[C@H](C(=O)NCCc2noc(C3CC3)n2)Cc2ccccc21. The van der Waals surface area contributed by atoms with Crippen molar-refractivity contribution >= 4 is 11.8 Å². The molecule has 4 rings (SSSR count). The summed E-state index contributed by atoms with van der Waals surface area (Å²) in [6.07, 6.45) is 3.24. The number of nitrogens with one attached hydrogen (secondary N) is 2. The molecular formula is C17H18N4O3. The van der Waals surface area contributed by atoms with Crippen LogP contribution in [-0.4, -0.2) is 34.5 Å². The molecule has 7 nitrogen and oxygen atoms in total. The monoisotopic (exact) mass is 326 g/mol. The van der Waals surface area contributed by atoms with E-state index in [0.29, 0.717) is 42.6 Å². The smallest absolute Gasteiger partial charge is 0.252 e. The summed E-state index contributed by atoms with van der Waals surface area (Å²) >= 11 is 0. The van der Waals surface area contributed by atoms with Crippen LogP contribution in [-0.2, 0) is 17.6 Å². The molecule has 0 spiro atoms. The molecular weight excluding hydrogens is 308 g/mol. The summed E-state index contributed by atoms with van der Waals surface area (Å²) in [5, 5.41) is 9.50. The van der Waals surface area contributed by atoms with Crippen LogP contribution >= 0.6 is 0 Å². The zero-order valence-corrected chi connectivity index (χ0v) is 13.1. The molecule has 2 heterocycles.